The van der Waals surface area contributed by atoms with E-state index in [1.807, 2.05) is 13.0 Å². The first-order valence-corrected chi connectivity index (χ1v) is 11.8. The van der Waals surface area contributed by atoms with Crippen molar-refractivity contribution in [3.8, 4) is 0 Å². The molecule has 1 aromatic heterocycles. The molecule has 30 heavy (non-hydrogen) atoms. The molecule has 3 N–H and O–H groups in total. The van der Waals surface area contributed by atoms with Crippen molar-refractivity contribution in [1.82, 2.24) is 15.2 Å². The molecule has 1 aromatic carbocycles. The summed E-state index contributed by atoms with van der Waals surface area (Å²) < 4.78 is 32.2. The normalized spacial score (nSPS) is 12.4. The summed E-state index contributed by atoms with van der Waals surface area (Å²) >= 11 is 1.16. The number of nitrogens with one attached hydrogen (secondary N) is 3. The van der Waals surface area contributed by atoms with Crippen LogP contribution in [0.1, 0.15) is 23.8 Å². The Hall–Kier alpha value is -2.37. The van der Waals surface area contributed by atoms with Crippen LogP contribution < -0.4 is 15.4 Å². The predicted molar refractivity (Wildman–Crippen MR) is 116 cm³/mol. The monoisotopic (exact) mass is 454 g/mol. The minimum atomic E-state index is -3.65. The van der Waals surface area contributed by atoms with E-state index >= 15 is 0 Å². The highest BCUT2D eigenvalue weighted by molar-refractivity contribution is 8.01. The van der Waals surface area contributed by atoms with Crippen molar-refractivity contribution in [2.45, 2.75) is 37.8 Å². The molecule has 1 unspecified atom stereocenters. The van der Waals surface area contributed by atoms with E-state index < -0.39 is 15.3 Å². The third-order valence-electron chi connectivity index (χ3n) is 4.09. The van der Waals surface area contributed by atoms with Gasteiger partial charge in [0.1, 0.15) is 5.76 Å². The molecule has 0 aliphatic carbocycles. The average molecular weight is 455 g/mol. The van der Waals surface area contributed by atoms with Gasteiger partial charge in [0.2, 0.25) is 21.8 Å². The van der Waals surface area contributed by atoms with E-state index in [0.29, 0.717) is 17.1 Å². The molecular formula is C19H26N4O5S2. The van der Waals surface area contributed by atoms with Gasteiger partial charge in [-0.3, -0.25) is 9.59 Å². The quantitative estimate of drug-likeness (QED) is 0.466. The molecule has 0 aliphatic rings. The summed E-state index contributed by atoms with van der Waals surface area (Å²) in [5.41, 5.74) is 1.50. The standard InChI is InChI=1S/C19H26N4O5S2/c1-12-5-6-13(2)16(9-12)30(26,27)21-8-7-20-18(24)11-29-15(4)19(25)22-17-10-14(3)28-23-17/h5-6,9-10,15,21H,7-8,11H2,1-4H3,(H,20,24)(H,22,23,25). The van der Waals surface area contributed by atoms with Gasteiger partial charge in [0.25, 0.3) is 0 Å². The third kappa shape index (κ3) is 7.15. The van der Waals surface area contributed by atoms with Gasteiger partial charge in [0.15, 0.2) is 5.82 Å². The lowest BCUT2D eigenvalue weighted by molar-refractivity contribution is -0.118. The fourth-order valence-corrected chi connectivity index (χ4v) is 4.52. The summed E-state index contributed by atoms with van der Waals surface area (Å²) in [5, 5.41) is 8.45. The Morgan fingerprint density at radius 1 is 1.17 bits per heavy atom. The van der Waals surface area contributed by atoms with Gasteiger partial charge in [-0.15, -0.1) is 11.8 Å². The minimum absolute atomic E-state index is 0.0632. The molecule has 0 fully saturated rings. The van der Waals surface area contributed by atoms with Crippen LogP contribution in [0.15, 0.2) is 33.7 Å². The van der Waals surface area contributed by atoms with E-state index in [1.165, 1.54) is 0 Å². The number of benzene rings is 1. The van der Waals surface area contributed by atoms with Crippen molar-refractivity contribution >= 4 is 39.4 Å². The van der Waals surface area contributed by atoms with Crippen molar-refractivity contribution in [2.24, 2.45) is 0 Å². The summed E-state index contributed by atoms with van der Waals surface area (Å²) in [6.07, 6.45) is 0. The highest BCUT2D eigenvalue weighted by Crippen LogP contribution is 2.16. The second-order valence-electron chi connectivity index (χ2n) is 6.78. The van der Waals surface area contributed by atoms with Crippen LogP contribution in [0, 0.1) is 20.8 Å². The fraction of sp³-hybridized carbons (Fsp3) is 0.421. The first-order chi connectivity index (χ1) is 14.1. The third-order valence-corrected chi connectivity index (χ3v) is 6.83. The van der Waals surface area contributed by atoms with Gasteiger partial charge in [-0.1, -0.05) is 17.3 Å². The Labute approximate surface area is 180 Å². The maximum Gasteiger partial charge on any atom is 0.240 e. The Balaban J connectivity index is 1.70. The molecule has 2 aromatic rings. The number of carbonyl (C=O) groups excluding carboxylic acids is 2. The van der Waals surface area contributed by atoms with E-state index in [0.717, 1.165) is 17.3 Å². The molecule has 9 nitrogen and oxygen atoms in total. The summed E-state index contributed by atoms with van der Waals surface area (Å²) in [7, 11) is -3.65. The van der Waals surface area contributed by atoms with Crippen molar-refractivity contribution in [3.05, 3.63) is 41.2 Å². The van der Waals surface area contributed by atoms with E-state index in [2.05, 4.69) is 20.5 Å². The van der Waals surface area contributed by atoms with Crippen molar-refractivity contribution in [2.75, 3.05) is 24.2 Å². The van der Waals surface area contributed by atoms with Gasteiger partial charge in [0, 0.05) is 19.2 Å². The van der Waals surface area contributed by atoms with Crippen LogP contribution in [0.2, 0.25) is 0 Å². The van der Waals surface area contributed by atoms with Gasteiger partial charge in [0.05, 0.1) is 15.9 Å². The van der Waals surface area contributed by atoms with Crippen molar-refractivity contribution < 1.29 is 22.5 Å². The number of thioether (sulfide) groups is 1. The largest absolute Gasteiger partial charge is 0.360 e. The fourth-order valence-electron chi connectivity index (χ4n) is 2.44. The summed E-state index contributed by atoms with van der Waals surface area (Å²) in [6, 6.07) is 6.81. The topological polar surface area (TPSA) is 130 Å². The molecule has 2 amide bonds. The predicted octanol–water partition coefficient (Wildman–Crippen LogP) is 1.75. The number of amides is 2. The minimum Gasteiger partial charge on any atom is -0.360 e. The number of sulfonamides is 1. The van der Waals surface area contributed by atoms with E-state index in [9.17, 15) is 18.0 Å². The first-order valence-electron chi connectivity index (χ1n) is 9.28. The summed E-state index contributed by atoms with van der Waals surface area (Å²) in [5.74, 6) is 0.393. The van der Waals surface area contributed by atoms with Gasteiger partial charge in [-0.25, -0.2) is 13.1 Å². The number of hydrogen-bond donors (Lipinski definition) is 3. The molecule has 0 spiro atoms. The van der Waals surface area contributed by atoms with Crippen LogP contribution in [-0.4, -0.2) is 49.5 Å². The molecule has 0 radical (unpaired) electrons. The molecule has 0 bridgehead atoms. The lowest BCUT2D eigenvalue weighted by atomic mass is 10.2. The van der Waals surface area contributed by atoms with Crippen molar-refractivity contribution in [3.63, 3.8) is 0 Å². The molecule has 0 saturated heterocycles. The van der Waals surface area contributed by atoms with Crippen LogP contribution in [0.3, 0.4) is 0 Å². The van der Waals surface area contributed by atoms with E-state index in [-0.39, 0.29) is 35.6 Å². The van der Waals surface area contributed by atoms with Crippen LogP contribution in [0.4, 0.5) is 5.82 Å². The van der Waals surface area contributed by atoms with Crippen LogP contribution in [0.5, 0.6) is 0 Å². The summed E-state index contributed by atoms with van der Waals surface area (Å²) in [4.78, 5) is 24.3. The zero-order chi connectivity index (χ0) is 22.3. The Kier molecular flexibility index (Phi) is 8.44. The second kappa shape index (κ2) is 10.6. The Morgan fingerprint density at radius 3 is 2.57 bits per heavy atom. The number of carbonyl (C=O) groups is 2. The molecule has 1 atom stereocenters. The Morgan fingerprint density at radius 2 is 1.90 bits per heavy atom. The SMILES string of the molecule is Cc1ccc(C)c(S(=O)(=O)NCCNC(=O)CSC(C)C(=O)Nc2cc(C)on2)c1. The Bertz CT molecular complexity index is 1000. The van der Waals surface area contributed by atoms with E-state index in [1.54, 1.807) is 39.0 Å². The van der Waals surface area contributed by atoms with Gasteiger partial charge < -0.3 is 15.2 Å². The van der Waals surface area contributed by atoms with Crippen molar-refractivity contribution in [1.29, 1.82) is 0 Å². The number of hydrogen-bond acceptors (Lipinski definition) is 7. The lowest BCUT2D eigenvalue weighted by Crippen LogP contribution is -2.36. The number of aryl methyl sites for hydroxylation is 3. The van der Waals surface area contributed by atoms with Crippen LogP contribution in [-0.2, 0) is 19.6 Å². The van der Waals surface area contributed by atoms with Crippen LogP contribution in [0.25, 0.3) is 0 Å². The number of rotatable bonds is 10. The number of anilines is 1. The molecule has 1 heterocycles. The maximum absolute atomic E-state index is 12.4. The average Bonchev–Trinajstić information content (AvgIpc) is 3.09. The molecule has 0 aliphatic heterocycles. The molecule has 2 rings (SSSR count). The number of nitrogens with zero attached hydrogens (tertiary/aromatic N) is 1. The van der Waals surface area contributed by atoms with Gasteiger partial charge >= 0.3 is 0 Å². The lowest BCUT2D eigenvalue weighted by Gasteiger charge is -2.12. The zero-order valence-corrected chi connectivity index (χ0v) is 18.9. The highest BCUT2D eigenvalue weighted by atomic mass is 32.2. The molecule has 11 heteroatoms. The number of aromatic nitrogens is 1. The summed E-state index contributed by atoms with van der Waals surface area (Å²) in [6.45, 7) is 7.15. The molecule has 164 valence electrons. The second-order valence-corrected chi connectivity index (χ2v) is 9.85. The highest BCUT2D eigenvalue weighted by Gasteiger charge is 2.18. The first kappa shape index (κ1) is 23.9. The van der Waals surface area contributed by atoms with E-state index in [4.69, 9.17) is 4.52 Å². The molecular weight excluding hydrogens is 428 g/mol. The smallest absolute Gasteiger partial charge is 0.240 e. The van der Waals surface area contributed by atoms with Crippen LogP contribution >= 0.6 is 11.8 Å². The molecule has 0 saturated carbocycles. The zero-order valence-electron chi connectivity index (χ0n) is 17.3. The maximum atomic E-state index is 12.4. The van der Waals surface area contributed by atoms with Gasteiger partial charge in [-0.05, 0) is 44.9 Å². The van der Waals surface area contributed by atoms with Gasteiger partial charge in [-0.2, -0.15) is 0 Å².